The molecule has 35 heavy (non-hydrogen) atoms. The average molecular weight is 469 g/mol. The van der Waals surface area contributed by atoms with Crippen molar-refractivity contribution in [1.29, 1.82) is 0 Å². The predicted molar refractivity (Wildman–Crippen MR) is 130 cm³/mol. The van der Waals surface area contributed by atoms with Crippen molar-refractivity contribution in [2.24, 2.45) is 0 Å². The number of aryl methyl sites for hydroxylation is 1. The summed E-state index contributed by atoms with van der Waals surface area (Å²) in [6.07, 6.45) is 2.48. The SMILES string of the molecule is CCc1cc(N(CC(=O)OC)Cc2ccc(-c3ccccc3-c3nnn[nH]3)cc2)n2nccc2n1. The number of fused-ring (bicyclic) bond motifs is 1. The van der Waals surface area contributed by atoms with Crippen LogP contribution >= 0.6 is 0 Å². The predicted octanol–water partition coefficient (Wildman–Crippen LogP) is 3.32. The molecule has 0 atom stereocenters. The molecule has 0 unspecified atom stereocenters. The molecule has 0 saturated heterocycles. The first-order chi connectivity index (χ1) is 17.2. The molecule has 0 spiro atoms. The van der Waals surface area contributed by atoms with Gasteiger partial charge >= 0.3 is 5.97 Å². The fourth-order valence-electron chi connectivity index (χ4n) is 4.02. The number of ether oxygens (including phenoxy) is 1. The van der Waals surface area contributed by atoms with Gasteiger partial charge < -0.3 is 9.64 Å². The van der Waals surface area contributed by atoms with Crippen LogP contribution in [0.3, 0.4) is 0 Å². The monoisotopic (exact) mass is 468 g/mol. The molecule has 5 rings (SSSR count). The van der Waals surface area contributed by atoms with Gasteiger partial charge in [0, 0.05) is 29.9 Å². The van der Waals surface area contributed by atoms with Crippen LogP contribution in [0.1, 0.15) is 18.2 Å². The molecule has 3 aromatic heterocycles. The number of tetrazole rings is 1. The van der Waals surface area contributed by atoms with Crippen LogP contribution in [0.4, 0.5) is 5.82 Å². The molecule has 1 N–H and O–H groups in total. The highest BCUT2D eigenvalue weighted by Gasteiger charge is 2.18. The zero-order valence-corrected chi connectivity index (χ0v) is 19.4. The molecular formula is C25H24N8O2. The molecule has 10 nitrogen and oxygen atoms in total. The van der Waals surface area contributed by atoms with E-state index in [1.807, 2.05) is 41.3 Å². The number of hydrogen-bond donors (Lipinski definition) is 1. The maximum atomic E-state index is 12.3. The van der Waals surface area contributed by atoms with Crippen LogP contribution in [0.25, 0.3) is 28.2 Å². The number of aromatic nitrogens is 7. The first-order valence-electron chi connectivity index (χ1n) is 11.2. The molecule has 176 valence electrons. The quantitative estimate of drug-likeness (QED) is 0.345. The number of nitrogens with zero attached hydrogens (tertiary/aromatic N) is 7. The van der Waals surface area contributed by atoms with Gasteiger partial charge in [-0.05, 0) is 33.5 Å². The van der Waals surface area contributed by atoms with Crippen molar-refractivity contribution in [3.63, 3.8) is 0 Å². The van der Waals surface area contributed by atoms with Gasteiger partial charge in [-0.3, -0.25) is 4.79 Å². The van der Waals surface area contributed by atoms with Crippen LogP contribution < -0.4 is 4.90 Å². The number of nitrogens with one attached hydrogen (secondary N) is 1. The topological polar surface area (TPSA) is 114 Å². The summed E-state index contributed by atoms with van der Waals surface area (Å²) in [4.78, 5) is 18.8. The summed E-state index contributed by atoms with van der Waals surface area (Å²) in [5, 5.41) is 18.7. The highest BCUT2D eigenvalue weighted by Crippen LogP contribution is 2.30. The molecule has 0 fully saturated rings. The van der Waals surface area contributed by atoms with E-state index in [1.165, 1.54) is 7.11 Å². The Morgan fingerprint density at radius 2 is 1.89 bits per heavy atom. The van der Waals surface area contributed by atoms with Gasteiger partial charge in [0.25, 0.3) is 0 Å². The summed E-state index contributed by atoms with van der Waals surface area (Å²) >= 11 is 0. The first-order valence-corrected chi connectivity index (χ1v) is 11.2. The second-order valence-electron chi connectivity index (χ2n) is 7.98. The molecular weight excluding hydrogens is 444 g/mol. The van der Waals surface area contributed by atoms with Gasteiger partial charge in [-0.15, -0.1) is 5.10 Å². The van der Waals surface area contributed by atoms with Crippen molar-refractivity contribution in [2.45, 2.75) is 19.9 Å². The number of esters is 1. The van der Waals surface area contributed by atoms with Gasteiger partial charge in [-0.25, -0.2) is 10.1 Å². The number of methoxy groups -OCH3 is 1. The van der Waals surface area contributed by atoms with Crippen LogP contribution in [0.15, 0.2) is 66.9 Å². The maximum Gasteiger partial charge on any atom is 0.325 e. The van der Waals surface area contributed by atoms with Gasteiger partial charge in [-0.1, -0.05) is 55.5 Å². The summed E-state index contributed by atoms with van der Waals surface area (Å²) in [6.45, 7) is 2.63. The van der Waals surface area contributed by atoms with Crippen LogP contribution in [0.5, 0.6) is 0 Å². The molecule has 0 amide bonds. The number of hydrogen-bond acceptors (Lipinski definition) is 8. The Balaban J connectivity index is 1.47. The Labute approximate surface area is 201 Å². The number of benzene rings is 2. The van der Waals surface area contributed by atoms with Crippen LogP contribution in [0, 0.1) is 0 Å². The van der Waals surface area contributed by atoms with Crippen molar-refractivity contribution in [3.05, 3.63) is 78.1 Å². The average Bonchev–Trinajstić information content (AvgIpc) is 3.60. The summed E-state index contributed by atoms with van der Waals surface area (Å²) in [5.41, 5.74) is 5.67. The largest absolute Gasteiger partial charge is 0.468 e. The fourth-order valence-corrected chi connectivity index (χ4v) is 4.02. The summed E-state index contributed by atoms with van der Waals surface area (Å²) in [7, 11) is 1.39. The Morgan fingerprint density at radius 1 is 1.09 bits per heavy atom. The lowest BCUT2D eigenvalue weighted by atomic mass is 9.98. The summed E-state index contributed by atoms with van der Waals surface area (Å²) in [6, 6.07) is 20.0. The lowest BCUT2D eigenvalue weighted by molar-refractivity contribution is -0.139. The van der Waals surface area contributed by atoms with Crippen LogP contribution in [-0.2, 0) is 22.5 Å². The van der Waals surface area contributed by atoms with E-state index < -0.39 is 0 Å². The summed E-state index contributed by atoms with van der Waals surface area (Å²) in [5.74, 6) is 1.07. The molecule has 2 aromatic carbocycles. The van der Waals surface area contributed by atoms with E-state index in [-0.39, 0.29) is 12.5 Å². The molecule has 0 aliphatic carbocycles. The molecule has 5 aromatic rings. The fraction of sp³-hybridized carbons (Fsp3) is 0.200. The van der Waals surface area contributed by atoms with E-state index in [0.29, 0.717) is 12.4 Å². The Morgan fingerprint density at radius 3 is 2.60 bits per heavy atom. The van der Waals surface area contributed by atoms with E-state index in [2.05, 4.69) is 61.9 Å². The molecule has 0 aliphatic rings. The second kappa shape index (κ2) is 9.72. The molecule has 0 bridgehead atoms. The highest BCUT2D eigenvalue weighted by atomic mass is 16.5. The van der Waals surface area contributed by atoms with E-state index in [0.717, 1.165) is 45.8 Å². The number of carbonyl (C=O) groups excluding carboxylic acids is 1. The maximum absolute atomic E-state index is 12.3. The lowest BCUT2D eigenvalue weighted by Gasteiger charge is -2.24. The minimum atomic E-state index is -0.327. The van der Waals surface area contributed by atoms with E-state index >= 15 is 0 Å². The van der Waals surface area contributed by atoms with Gasteiger partial charge in [0.15, 0.2) is 11.5 Å². The van der Waals surface area contributed by atoms with Gasteiger partial charge in [0.2, 0.25) is 0 Å². The Kier molecular flexibility index (Phi) is 6.16. The van der Waals surface area contributed by atoms with Crippen molar-refractivity contribution in [3.8, 4) is 22.5 Å². The lowest BCUT2D eigenvalue weighted by Crippen LogP contribution is -2.32. The van der Waals surface area contributed by atoms with Gasteiger partial charge in [-0.2, -0.15) is 9.61 Å². The number of aromatic amines is 1. The molecule has 0 saturated carbocycles. The van der Waals surface area contributed by atoms with E-state index in [4.69, 9.17) is 4.74 Å². The standard InChI is InChI=1S/C25H24N8O2/c1-3-19-14-23(33-22(27-19)12-13-26-33)32(16-24(34)35-2)15-17-8-10-18(11-9-17)20-6-4-5-7-21(20)25-28-30-31-29-25/h4-14H,3,15-16H2,1-2H3,(H,28,29,30,31). The van der Waals surface area contributed by atoms with Gasteiger partial charge in [0.05, 0.1) is 13.3 Å². The van der Waals surface area contributed by atoms with E-state index in [1.54, 1.807) is 10.7 Å². The van der Waals surface area contributed by atoms with Crippen molar-refractivity contribution < 1.29 is 9.53 Å². The second-order valence-corrected chi connectivity index (χ2v) is 7.98. The minimum absolute atomic E-state index is 0.0850. The number of carbonyl (C=O) groups is 1. The molecule has 10 heteroatoms. The first kappa shape index (κ1) is 22.2. The molecule has 0 radical (unpaired) electrons. The third-order valence-corrected chi connectivity index (χ3v) is 5.79. The third-order valence-electron chi connectivity index (χ3n) is 5.79. The smallest absolute Gasteiger partial charge is 0.325 e. The van der Waals surface area contributed by atoms with Crippen LogP contribution in [-0.4, -0.2) is 54.8 Å². The molecule has 3 heterocycles. The zero-order valence-electron chi connectivity index (χ0n) is 19.4. The number of anilines is 1. The van der Waals surface area contributed by atoms with Crippen molar-refractivity contribution in [2.75, 3.05) is 18.6 Å². The zero-order chi connectivity index (χ0) is 24.2. The molecule has 0 aliphatic heterocycles. The van der Waals surface area contributed by atoms with Crippen molar-refractivity contribution in [1.82, 2.24) is 35.2 Å². The van der Waals surface area contributed by atoms with Gasteiger partial charge in [0.1, 0.15) is 12.4 Å². The van der Waals surface area contributed by atoms with Crippen molar-refractivity contribution >= 4 is 17.4 Å². The highest BCUT2D eigenvalue weighted by molar-refractivity contribution is 5.80. The summed E-state index contributed by atoms with van der Waals surface area (Å²) < 4.78 is 6.72. The van der Waals surface area contributed by atoms with Crippen LogP contribution in [0.2, 0.25) is 0 Å². The Hall–Kier alpha value is -4.60. The minimum Gasteiger partial charge on any atom is -0.468 e. The third kappa shape index (κ3) is 4.58. The Bertz CT molecular complexity index is 1440. The number of rotatable bonds is 8. The normalized spacial score (nSPS) is 11.0. The number of H-pyrrole nitrogens is 1. The van der Waals surface area contributed by atoms with E-state index in [9.17, 15) is 4.79 Å².